The molecule has 0 aliphatic carbocycles. The highest BCUT2D eigenvalue weighted by molar-refractivity contribution is 7.12. The summed E-state index contributed by atoms with van der Waals surface area (Å²) < 4.78 is 0. The summed E-state index contributed by atoms with van der Waals surface area (Å²) in [4.78, 5) is 12.5. The van der Waals surface area contributed by atoms with E-state index in [1.54, 1.807) is 24.3 Å². The Morgan fingerprint density at radius 2 is 2.29 bits per heavy atom. The second-order valence-electron chi connectivity index (χ2n) is 2.90. The average molecular weight is 211 g/mol. The fourth-order valence-corrected chi connectivity index (χ4v) is 2.02. The number of aryl methyl sites for hydroxylation is 1. The molecule has 0 bridgehead atoms. The zero-order valence-electron chi connectivity index (χ0n) is 8.32. The molecule has 0 spiro atoms. The predicted octanol–water partition coefficient (Wildman–Crippen LogP) is 3.34. The molecule has 76 valence electrons. The van der Waals surface area contributed by atoms with Crippen molar-refractivity contribution in [3.05, 3.63) is 37.7 Å². The maximum atomic E-state index is 10.6. The van der Waals surface area contributed by atoms with Gasteiger partial charge in [0.2, 0.25) is 5.70 Å². The first-order valence-electron chi connectivity index (χ1n) is 4.61. The number of rotatable bonds is 4. The minimum absolute atomic E-state index is 0.273. The van der Waals surface area contributed by atoms with E-state index in [1.807, 2.05) is 12.1 Å². The fourth-order valence-electron chi connectivity index (χ4n) is 1.11. The van der Waals surface area contributed by atoms with E-state index in [1.165, 1.54) is 4.88 Å². The number of nitrogens with zero attached hydrogens (tertiary/aromatic N) is 1. The number of allylic oxidation sites excluding steroid dienone is 1. The third-order valence-electron chi connectivity index (χ3n) is 1.94. The van der Waals surface area contributed by atoms with E-state index in [0.29, 0.717) is 6.42 Å². The van der Waals surface area contributed by atoms with Gasteiger partial charge in [0.15, 0.2) is 0 Å². The maximum absolute atomic E-state index is 10.6. The molecule has 3 nitrogen and oxygen atoms in total. The first kappa shape index (κ1) is 10.9. The Kier molecular flexibility index (Phi) is 3.83. The summed E-state index contributed by atoms with van der Waals surface area (Å²) in [5.74, 6) is 0. The Hall–Kier alpha value is -1.16. The van der Waals surface area contributed by atoms with Gasteiger partial charge in [-0.05, 0) is 18.6 Å². The second kappa shape index (κ2) is 4.91. The van der Waals surface area contributed by atoms with Gasteiger partial charge in [-0.15, -0.1) is 11.3 Å². The molecule has 1 aromatic rings. The van der Waals surface area contributed by atoms with Crippen LogP contribution in [0, 0.1) is 10.1 Å². The van der Waals surface area contributed by atoms with E-state index in [9.17, 15) is 10.1 Å². The van der Waals surface area contributed by atoms with Gasteiger partial charge in [-0.1, -0.05) is 13.8 Å². The second-order valence-corrected chi connectivity index (χ2v) is 4.10. The molecule has 0 atom stereocenters. The summed E-state index contributed by atoms with van der Waals surface area (Å²) in [7, 11) is 0. The lowest BCUT2D eigenvalue weighted by molar-refractivity contribution is -0.425. The van der Waals surface area contributed by atoms with Gasteiger partial charge in [-0.3, -0.25) is 10.1 Å². The van der Waals surface area contributed by atoms with Crippen LogP contribution in [0.1, 0.15) is 30.0 Å². The molecule has 0 unspecified atom stereocenters. The molecule has 0 aliphatic heterocycles. The molecule has 0 N–H and O–H groups in total. The molecule has 0 fully saturated rings. The lowest BCUT2D eigenvalue weighted by Crippen LogP contribution is -1.95. The van der Waals surface area contributed by atoms with Crippen LogP contribution in [0.2, 0.25) is 0 Å². The molecule has 0 amide bonds. The standard InChI is InChI=1S/C10H13NO2S/c1-3-8(11(12)13)7-10-6-5-9(4-2)14-10/h5-7H,3-4H2,1-2H3. The van der Waals surface area contributed by atoms with Crippen molar-refractivity contribution in [1.82, 2.24) is 0 Å². The molecule has 1 rings (SSSR count). The molecular formula is C10H13NO2S. The first-order valence-corrected chi connectivity index (χ1v) is 5.42. The van der Waals surface area contributed by atoms with Crippen molar-refractivity contribution < 1.29 is 4.92 Å². The van der Waals surface area contributed by atoms with Gasteiger partial charge in [-0.25, -0.2) is 0 Å². The molecule has 0 saturated heterocycles. The van der Waals surface area contributed by atoms with E-state index >= 15 is 0 Å². The average Bonchev–Trinajstić information content (AvgIpc) is 2.61. The molecule has 1 aromatic heterocycles. The Morgan fingerprint density at radius 3 is 2.71 bits per heavy atom. The van der Waals surface area contributed by atoms with E-state index in [4.69, 9.17) is 0 Å². The Balaban J connectivity index is 2.89. The van der Waals surface area contributed by atoms with E-state index in [-0.39, 0.29) is 10.6 Å². The summed E-state index contributed by atoms with van der Waals surface area (Å²) in [6.45, 7) is 3.87. The highest BCUT2D eigenvalue weighted by atomic mass is 32.1. The van der Waals surface area contributed by atoms with Crippen molar-refractivity contribution >= 4 is 17.4 Å². The quantitative estimate of drug-likeness (QED) is 0.566. The summed E-state index contributed by atoms with van der Waals surface area (Å²) >= 11 is 1.61. The summed E-state index contributed by atoms with van der Waals surface area (Å²) in [6.07, 6.45) is 3.11. The van der Waals surface area contributed by atoms with Gasteiger partial charge in [0.05, 0.1) is 4.92 Å². The summed E-state index contributed by atoms with van der Waals surface area (Å²) in [6, 6.07) is 3.95. The molecule has 14 heavy (non-hydrogen) atoms. The Labute approximate surface area is 87.2 Å². The van der Waals surface area contributed by atoms with Crippen molar-refractivity contribution in [3.8, 4) is 0 Å². The largest absolute Gasteiger partial charge is 0.259 e. The fraction of sp³-hybridized carbons (Fsp3) is 0.400. The zero-order valence-corrected chi connectivity index (χ0v) is 9.13. The van der Waals surface area contributed by atoms with Gasteiger partial charge in [0.25, 0.3) is 0 Å². The van der Waals surface area contributed by atoms with Crippen LogP contribution < -0.4 is 0 Å². The molecule has 0 aromatic carbocycles. The van der Waals surface area contributed by atoms with Crippen molar-refractivity contribution in [2.75, 3.05) is 0 Å². The third kappa shape index (κ3) is 2.67. The van der Waals surface area contributed by atoms with Crippen molar-refractivity contribution in [3.63, 3.8) is 0 Å². The van der Waals surface area contributed by atoms with Gasteiger partial charge < -0.3 is 0 Å². The van der Waals surface area contributed by atoms with Crippen LogP contribution in [-0.2, 0) is 6.42 Å². The molecule has 4 heteroatoms. The monoisotopic (exact) mass is 211 g/mol. The van der Waals surface area contributed by atoms with Crippen LogP contribution in [0.4, 0.5) is 0 Å². The lowest BCUT2D eigenvalue weighted by atomic mass is 10.3. The molecule has 0 aliphatic rings. The topological polar surface area (TPSA) is 43.1 Å². The normalized spacial score (nSPS) is 11.7. The maximum Gasteiger partial charge on any atom is 0.247 e. The van der Waals surface area contributed by atoms with E-state index in [0.717, 1.165) is 11.3 Å². The lowest BCUT2D eigenvalue weighted by Gasteiger charge is -1.91. The van der Waals surface area contributed by atoms with Crippen molar-refractivity contribution in [2.45, 2.75) is 26.7 Å². The molecule has 1 heterocycles. The number of hydrogen-bond donors (Lipinski definition) is 0. The molecule has 0 saturated carbocycles. The van der Waals surface area contributed by atoms with Crippen LogP contribution in [0.15, 0.2) is 17.8 Å². The Morgan fingerprint density at radius 1 is 1.57 bits per heavy atom. The number of thiophene rings is 1. The van der Waals surface area contributed by atoms with Crippen LogP contribution >= 0.6 is 11.3 Å². The minimum atomic E-state index is -0.314. The number of hydrogen-bond acceptors (Lipinski definition) is 3. The van der Waals surface area contributed by atoms with Gasteiger partial charge >= 0.3 is 0 Å². The summed E-state index contributed by atoms with van der Waals surface area (Å²) in [5, 5.41) is 10.6. The van der Waals surface area contributed by atoms with Crippen LogP contribution in [-0.4, -0.2) is 4.92 Å². The summed E-state index contributed by atoms with van der Waals surface area (Å²) in [5.41, 5.74) is 0.273. The van der Waals surface area contributed by atoms with E-state index in [2.05, 4.69) is 6.92 Å². The van der Waals surface area contributed by atoms with Crippen LogP contribution in [0.3, 0.4) is 0 Å². The van der Waals surface area contributed by atoms with Gasteiger partial charge in [0.1, 0.15) is 0 Å². The third-order valence-corrected chi connectivity index (χ3v) is 3.11. The minimum Gasteiger partial charge on any atom is -0.259 e. The van der Waals surface area contributed by atoms with Gasteiger partial charge in [-0.2, -0.15) is 0 Å². The number of nitro groups is 1. The molecule has 0 radical (unpaired) electrons. The molecular weight excluding hydrogens is 198 g/mol. The van der Waals surface area contributed by atoms with Gasteiger partial charge in [0, 0.05) is 22.3 Å². The SMILES string of the molecule is CCC(=Cc1ccc(CC)s1)[N+](=O)[O-]. The van der Waals surface area contributed by atoms with Crippen molar-refractivity contribution in [2.24, 2.45) is 0 Å². The first-order chi connectivity index (χ1) is 6.67. The Bertz CT molecular complexity index is 355. The van der Waals surface area contributed by atoms with Crippen LogP contribution in [0.25, 0.3) is 6.08 Å². The van der Waals surface area contributed by atoms with Crippen LogP contribution in [0.5, 0.6) is 0 Å². The highest BCUT2D eigenvalue weighted by Gasteiger charge is 2.07. The zero-order chi connectivity index (χ0) is 10.6. The van der Waals surface area contributed by atoms with E-state index < -0.39 is 0 Å². The predicted molar refractivity (Wildman–Crippen MR) is 59.0 cm³/mol. The smallest absolute Gasteiger partial charge is 0.247 e. The highest BCUT2D eigenvalue weighted by Crippen LogP contribution is 2.20. The van der Waals surface area contributed by atoms with Crippen molar-refractivity contribution in [1.29, 1.82) is 0 Å².